The molecule has 0 radical (unpaired) electrons. The lowest BCUT2D eigenvalue weighted by atomic mass is 10.2. The summed E-state index contributed by atoms with van der Waals surface area (Å²) in [7, 11) is 0. The summed E-state index contributed by atoms with van der Waals surface area (Å²) in [5.74, 6) is -0.981. The Hall–Kier alpha value is -1.88. The standard InChI is InChI=1S/C14H16N2O2S/c1-2-3-9-16(11-7-5-4-6-8-11)14-15-12(10-19-14)13(17)18/h4-8,10H,2-3,9H2,1H3,(H,17,18). The van der Waals surface area contributed by atoms with E-state index >= 15 is 0 Å². The number of unbranched alkanes of at least 4 members (excludes halogenated alkanes) is 1. The molecule has 0 amide bonds. The highest BCUT2D eigenvalue weighted by molar-refractivity contribution is 7.14. The number of anilines is 2. The van der Waals surface area contributed by atoms with Gasteiger partial charge in [-0.05, 0) is 18.6 Å². The van der Waals surface area contributed by atoms with Crippen LogP contribution < -0.4 is 4.90 Å². The highest BCUT2D eigenvalue weighted by Gasteiger charge is 2.15. The number of hydrogen-bond acceptors (Lipinski definition) is 4. The van der Waals surface area contributed by atoms with Gasteiger partial charge in [-0.1, -0.05) is 31.5 Å². The second-order valence-corrected chi connectivity index (χ2v) is 5.00. The van der Waals surface area contributed by atoms with Crippen LogP contribution in [0.1, 0.15) is 30.3 Å². The molecule has 2 rings (SSSR count). The number of carbonyl (C=O) groups is 1. The van der Waals surface area contributed by atoms with Gasteiger partial charge in [0.2, 0.25) is 0 Å². The Labute approximate surface area is 116 Å². The van der Waals surface area contributed by atoms with Gasteiger partial charge in [0.15, 0.2) is 10.8 Å². The first-order valence-electron chi connectivity index (χ1n) is 6.23. The Morgan fingerprint density at radius 2 is 2.11 bits per heavy atom. The highest BCUT2D eigenvalue weighted by Crippen LogP contribution is 2.28. The van der Waals surface area contributed by atoms with Crippen molar-refractivity contribution in [3.8, 4) is 0 Å². The van der Waals surface area contributed by atoms with E-state index in [0.717, 1.165) is 30.2 Å². The van der Waals surface area contributed by atoms with Crippen molar-refractivity contribution >= 4 is 28.1 Å². The zero-order chi connectivity index (χ0) is 13.7. The fourth-order valence-electron chi connectivity index (χ4n) is 1.75. The van der Waals surface area contributed by atoms with Crippen molar-refractivity contribution in [3.63, 3.8) is 0 Å². The molecule has 5 heteroatoms. The zero-order valence-electron chi connectivity index (χ0n) is 10.7. The molecule has 0 saturated carbocycles. The number of aromatic nitrogens is 1. The number of benzene rings is 1. The maximum Gasteiger partial charge on any atom is 0.355 e. The van der Waals surface area contributed by atoms with Gasteiger partial charge in [0.1, 0.15) is 0 Å². The van der Waals surface area contributed by atoms with Gasteiger partial charge in [0, 0.05) is 17.6 Å². The molecule has 0 spiro atoms. The first-order chi connectivity index (χ1) is 9.22. The van der Waals surface area contributed by atoms with Crippen LogP contribution in [0.15, 0.2) is 35.7 Å². The van der Waals surface area contributed by atoms with E-state index in [-0.39, 0.29) is 5.69 Å². The van der Waals surface area contributed by atoms with Crippen molar-refractivity contribution in [2.75, 3.05) is 11.4 Å². The lowest BCUT2D eigenvalue weighted by Gasteiger charge is -2.21. The van der Waals surface area contributed by atoms with Crippen LogP contribution in [0.25, 0.3) is 0 Å². The average molecular weight is 276 g/mol. The number of rotatable bonds is 6. The van der Waals surface area contributed by atoms with Crippen molar-refractivity contribution in [2.45, 2.75) is 19.8 Å². The maximum absolute atomic E-state index is 10.9. The summed E-state index contributed by atoms with van der Waals surface area (Å²) >= 11 is 1.37. The van der Waals surface area contributed by atoms with Gasteiger partial charge in [0.05, 0.1) is 0 Å². The molecule has 0 fully saturated rings. The van der Waals surface area contributed by atoms with E-state index < -0.39 is 5.97 Å². The van der Waals surface area contributed by atoms with Gasteiger partial charge in [-0.15, -0.1) is 11.3 Å². The summed E-state index contributed by atoms with van der Waals surface area (Å²) in [6.45, 7) is 2.97. The van der Waals surface area contributed by atoms with E-state index in [4.69, 9.17) is 5.11 Å². The van der Waals surface area contributed by atoms with E-state index in [2.05, 4.69) is 16.8 Å². The average Bonchev–Trinajstić information content (AvgIpc) is 2.90. The van der Waals surface area contributed by atoms with Crippen molar-refractivity contribution in [2.24, 2.45) is 0 Å². The number of hydrogen-bond donors (Lipinski definition) is 1. The van der Waals surface area contributed by atoms with Gasteiger partial charge in [0.25, 0.3) is 0 Å². The summed E-state index contributed by atoms with van der Waals surface area (Å²) in [5, 5.41) is 11.3. The largest absolute Gasteiger partial charge is 0.476 e. The van der Waals surface area contributed by atoms with Crippen molar-refractivity contribution in [1.82, 2.24) is 4.98 Å². The Balaban J connectivity index is 2.28. The second-order valence-electron chi connectivity index (χ2n) is 4.16. The van der Waals surface area contributed by atoms with Crippen LogP contribution in [0, 0.1) is 0 Å². The molecule has 2 aromatic rings. The SMILES string of the molecule is CCCCN(c1ccccc1)c1nc(C(=O)O)cs1. The molecule has 1 heterocycles. The predicted octanol–water partition coefficient (Wildman–Crippen LogP) is 3.78. The maximum atomic E-state index is 10.9. The molecule has 1 aromatic carbocycles. The molecular formula is C14H16N2O2S. The highest BCUT2D eigenvalue weighted by atomic mass is 32.1. The third kappa shape index (κ3) is 3.32. The van der Waals surface area contributed by atoms with Gasteiger partial charge >= 0.3 is 5.97 Å². The van der Waals surface area contributed by atoms with Crippen LogP contribution in [0.5, 0.6) is 0 Å². The fraction of sp³-hybridized carbons (Fsp3) is 0.286. The molecule has 0 saturated heterocycles. The smallest absolute Gasteiger partial charge is 0.355 e. The molecule has 0 aliphatic heterocycles. The number of thiazole rings is 1. The zero-order valence-corrected chi connectivity index (χ0v) is 11.6. The number of nitrogens with zero attached hydrogens (tertiary/aromatic N) is 2. The van der Waals surface area contributed by atoms with E-state index in [1.165, 1.54) is 11.3 Å². The summed E-state index contributed by atoms with van der Waals surface area (Å²) in [5.41, 5.74) is 1.15. The Morgan fingerprint density at radius 3 is 2.68 bits per heavy atom. The monoisotopic (exact) mass is 276 g/mol. The number of para-hydroxylation sites is 1. The van der Waals surface area contributed by atoms with Crippen LogP contribution in [0.2, 0.25) is 0 Å². The molecule has 0 unspecified atom stereocenters. The quantitative estimate of drug-likeness (QED) is 0.872. The van der Waals surface area contributed by atoms with Gasteiger partial charge in [-0.25, -0.2) is 9.78 Å². The molecule has 0 bridgehead atoms. The number of carboxylic acid groups (broad SMARTS) is 1. The van der Waals surface area contributed by atoms with Gasteiger partial charge in [-0.2, -0.15) is 0 Å². The lowest BCUT2D eigenvalue weighted by molar-refractivity contribution is 0.0691. The fourth-order valence-corrected chi connectivity index (χ4v) is 2.59. The van der Waals surface area contributed by atoms with Gasteiger partial charge in [-0.3, -0.25) is 0 Å². The normalized spacial score (nSPS) is 10.4. The Bertz CT molecular complexity index is 539. The molecule has 0 atom stereocenters. The molecule has 1 N–H and O–H groups in total. The summed E-state index contributed by atoms with van der Waals surface area (Å²) in [4.78, 5) is 17.2. The number of carboxylic acids is 1. The van der Waals surface area contributed by atoms with E-state index in [1.807, 2.05) is 30.3 Å². The topological polar surface area (TPSA) is 53.4 Å². The van der Waals surface area contributed by atoms with Crippen LogP contribution in [0.4, 0.5) is 10.8 Å². The van der Waals surface area contributed by atoms with Crippen LogP contribution in [-0.2, 0) is 0 Å². The first-order valence-corrected chi connectivity index (χ1v) is 7.11. The minimum Gasteiger partial charge on any atom is -0.476 e. The minimum atomic E-state index is -0.981. The predicted molar refractivity (Wildman–Crippen MR) is 77.4 cm³/mol. The third-order valence-corrected chi connectivity index (χ3v) is 3.61. The number of aromatic carboxylic acids is 1. The van der Waals surface area contributed by atoms with Crippen molar-refractivity contribution in [3.05, 3.63) is 41.4 Å². The molecule has 19 heavy (non-hydrogen) atoms. The molecule has 1 aromatic heterocycles. The van der Waals surface area contributed by atoms with Crippen LogP contribution >= 0.6 is 11.3 Å². The van der Waals surface area contributed by atoms with Crippen molar-refractivity contribution in [1.29, 1.82) is 0 Å². The molecule has 4 nitrogen and oxygen atoms in total. The van der Waals surface area contributed by atoms with Crippen LogP contribution in [0.3, 0.4) is 0 Å². The van der Waals surface area contributed by atoms with Gasteiger partial charge < -0.3 is 10.0 Å². The molecule has 0 aliphatic rings. The second kappa shape index (κ2) is 6.33. The summed E-state index contributed by atoms with van der Waals surface area (Å²) < 4.78 is 0. The summed E-state index contributed by atoms with van der Waals surface area (Å²) in [6, 6.07) is 9.93. The lowest BCUT2D eigenvalue weighted by Crippen LogP contribution is -2.18. The van der Waals surface area contributed by atoms with Crippen molar-refractivity contribution < 1.29 is 9.90 Å². The molecule has 0 aliphatic carbocycles. The summed E-state index contributed by atoms with van der Waals surface area (Å²) in [6.07, 6.45) is 2.12. The minimum absolute atomic E-state index is 0.109. The van der Waals surface area contributed by atoms with E-state index in [9.17, 15) is 4.79 Å². The molecular weight excluding hydrogens is 260 g/mol. The van der Waals surface area contributed by atoms with Crippen LogP contribution in [-0.4, -0.2) is 22.6 Å². The first kappa shape index (κ1) is 13.5. The Kier molecular flexibility index (Phi) is 4.52. The Morgan fingerprint density at radius 1 is 1.37 bits per heavy atom. The third-order valence-electron chi connectivity index (χ3n) is 2.75. The van der Waals surface area contributed by atoms with E-state index in [0.29, 0.717) is 0 Å². The molecule has 100 valence electrons. The van der Waals surface area contributed by atoms with E-state index in [1.54, 1.807) is 5.38 Å².